The van der Waals surface area contributed by atoms with Crippen LogP contribution in [0.2, 0.25) is 0 Å². The van der Waals surface area contributed by atoms with Gasteiger partial charge in [0.25, 0.3) is 0 Å². The number of halogens is 1. The molecule has 0 aliphatic carbocycles. The van der Waals surface area contributed by atoms with E-state index in [9.17, 15) is 14.3 Å². The number of rotatable bonds is 3. The maximum Gasteiger partial charge on any atom is 0.354 e. The molecule has 0 fully saturated rings. The molecule has 1 aromatic rings. The number of hydrogen-bond donors (Lipinski definition) is 1. The van der Waals surface area contributed by atoms with Crippen molar-refractivity contribution in [2.24, 2.45) is 7.05 Å². The first kappa shape index (κ1) is 10.7. The highest BCUT2D eigenvalue weighted by Gasteiger charge is 2.15. The van der Waals surface area contributed by atoms with Crippen molar-refractivity contribution in [3.8, 4) is 0 Å². The monoisotopic (exact) mass is 201 g/mol. The van der Waals surface area contributed by atoms with Gasteiger partial charge in [0.2, 0.25) is 0 Å². The molecule has 0 saturated carbocycles. The van der Waals surface area contributed by atoms with Gasteiger partial charge in [-0.3, -0.25) is 0 Å². The Labute approximate surface area is 80.9 Å². The van der Waals surface area contributed by atoms with Crippen LogP contribution in [0.5, 0.6) is 0 Å². The number of hydrogen-bond acceptors (Lipinski definition) is 3. The second-order valence-electron chi connectivity index (χ2n) is 2.93. The average molecular weight is 201 g/mol. The van der Waals surface area contributed by atoms with Crippen LogP contribution in [-0.2, 0) is 11.8 Å². The van der Waals surface area contributed by atoms with Gasteiger partial charge in [0, 0.05) is 18.8 Å². The number of carbonyl (C=O) groups is 1. The molecular formula is C9H12FNO3. The van der Waals surface area contributed by atoms with Crippen LogP contribution in [0, 0.1) is 0 Å². The summed E-state index contributed by atoms with van der Waals surface area (Å²) >= 11 is 0. The molecule has 78 valence electrons. The van der Waals surface area contributed by atoms with Crippen LogP contribution in [0.4, 0.5) is 4.39 Å². The van der Waals surface area contributed by atoms with Crippen LogP contribution in [0.15, 0.2) is 12.3 Å². The smallest absolute Gasteiger partial charge is 0.354 e. The summed E-state index contributed by atoms with van der Waals surface area (Å²) in [5.74, 6) is -0.509. The van der Waals surface area contributed by atoms with E-state index in [0.29, 0.717) is 5.56 Å². The molecule has 1 atom stereocenters. The van der Waals surface area contributed by atoms with E-state index in [0.717, 1.165) is 0 Å². The summed E-state index contributed by atoms with van der Waals surface area (Å²) in [5, 5.41) is 9.18. The third-order valence-corrected chi connectivity index (χ3v) is 1.95. The molecule has 1 aromatic heterocycles. The minimum Gasteiger partial charge on any atom is -0.464 e. The maximum absolute atomic E-state index is 12.1. The van der Waals surface area contributed by atoms with Crippen LogP contribution in [-0.4, -0.2) is 29.4 Å². The fraction of sp³-hybridized carbons (Fsp3) is 0.444. The van der Waals surface area contributed by atoms with Gasteiger partial charge in [0.15, 0.2) is 0 Å². The van der Waals surface area contributed by atoms with Gasteiger partial charge in [0.1, 0.15) is 18.5 Å². The van der Waals surface area contributed by atoms with Crippen LogP contribution < -0.4 is 0 Å². The maximum atomic E-state index is 12.1. The fourth-order valence-corrected chi connectivity index (χ4v) is 1.17. The zero-order valence-corrected chi connectivity index (χ0v) is 8.03. The zero-order chi connectivity index (χ0) is 10.7. The fourth-order valence-electron chi connectivity index (χ4n) is 1.17. The first-order chi connectivity index (χ1) is 6.60. The Hall–Kier alpha value is -1.36. The number of nitrogens with zero attached hydrogens (tertiary/aromatic N) is 1. The molecule has 5 heteroatoms. The lowest BCUT2D eigenvalue weighted by molar-refractivity contribution is 0.0590. The van der Waals surface area contributed by atoms with Crippen molar-refractivity contribution in [2.45, 2.75) is 6.10 Å². The minimum atomic E-state index is -1.18. The predicted octanol–water partition coefficient (Wildman–Crippen LogP) is 0.815. The van der Waals surface area contributed by atoms with E-state index in [1.54, 1.807) is 7.05 Å². The quantitative estimate of drug-likeness (QED) is 0.736. The minimum absolute atomic E-state index is 0.287. The molecule has 0 radical (unpaired) electrons. The molecule has 1 rings (SSSR count). The van der Waals surface area contributed by atoms with Crippen molar-refractivity contribution >= 4 is 5.97 Å². The number of ether oxygens (including phenoxy) is 1. The van der Waals surface area contributed by atoms with Crippen molar-refractivity contribution < 1.29 is 19.0 Å². The Balaban J connectivity index is 2.98. The number of carbonyl (C=O) groups excluding carboxylic acids is 1. The lowest BCUT2D eigenvalue weighted by atomic mass is 10.2. The first-order valence-corrected chi connectivity index (χ1v) is 4.08. The molecule has 4 nitrogen and oxygen atoms in total. The normalized spacial score (nSPS) is 12.6. The molecule has 0 aromatic carbocycles. The van der Waals surface area contributed by atoms with Gasteiger partial charge < -0.3 is 14.4 Å². The van der Waals surface area contributed by atoms with Gasteiger partial charge in [-0.25, -0.2) is 9.18 Å². The summed E-state index contributed by atoms with van der Waals surface area (Å²) in [7, 11) is 2.89. The molecule has 14 heavy (non-hydrogen) atoms. The molecule has 1 unspecified atom stereocenters. The van der Waals surface area contributed by atoms with Gasteiger partial charge in [-0.05, 0) is 6.07 Å². The standard InChI is InChI=1S/C9H12FNO3/c1-11-5-6(8(12)4-10)3-7(11)9(13)14-2/h3,5,8,12H,4H2,1-2H3. The lowest BCUT2D eigenvalue weighted by Gasteiger charge is -2.00. The molecule has 1 heterocycles. The topological polar surface area (TPSA) is 51.5 Å². The van der Waals surface area contributed by atoms with Crippen LogP contribution >= 0.6 is 0 Å². The highest BCUT2D eigenvalue weighted by Crippen LogP contribution is 2.16. The van der Waals surface area contributed by atoms with Gasteiger partial charge >= 0.3 is 5.97 Å². The second kappa shape index (κ2) is 4.23. The molecule has 0 saturated heterocycles. The SMILES string of the molecule is COC(=O)c1cc(C(O)CF)cn1C. The zero-order valence-electron chi connectivity index (χ0n) is 8.03. The lowest BCUT2D eigenvalue weighted by Crippen LogP contribution is -2.06. The van der Waals surface area contributed by atoms with E-state index in [4.69, 9.17) is 0 Å². The second-order valence-corrected chi connectivity index (χ2v) is 2.93. The number of aliphatic hydroxyl groups excluding tert-OH is 1. The van der Waals surface area contributed by atoms with Crippen molar-refractivity contribution in [1.82, 2.24) is 4.57 Å². The van der Waals surface area contributed by atoms with Crippen molar-refractivity contribution in [3.63, 3.8) is 0 Å². The number of esters is 1. The summed E-state index contributed by atoms with van der Waals surface area (Å²) in [6.07, 6.45) is 0.316. The van der Waals surface area contributed by atoms with Crippen molar-refractivity contribution in [2.75, 3.05) is 13.8 Å². The number of aryl methyl sites for hydroxylation is 1. The predicted molar refractivity (Wildman–Crippen MR) is 47.7 cm³/mol. The molecular weight excluding hydrogens is 189 g/mol. The van der Waals surface area contributed by atoms with Gasteiger partial charge in [0.05, 0.1) is 7.11 Å². The Morgan fingerprint density at radius 2 is 2.43 bits per heavy atom. The molecule has 0 bridgehead atoms. The van der Waals surface area contributed by atoms with Gasteiger partial charge in [-0.1, -0.05) is 0 Å². The van der Waals surface area contributed by atoms with E-state index in [1.807, 2.05) is 0 Å². The van der Waals surface area contributed by atoms with Crippen LogP contribution in [0.1, 0.15) is 22.2 Å². The average Bonchev–Trinajstić information content (AvgIpc) is 2.58. The highest BCUT2D eigenvalue weighted by atomic mass is 19.1. The highest BCUT2D eigenvalue weighted by molar-refractivity contribution is 5.87. The molecule has 1 N–H and O–H groups in total. The van der Waals surface area contributed by atoms with Gasteiger partial charge in [-0.2, -0.15) is 0 Å². The first-order valence-electron chi connectivity index (χ1n) is 4.08. The third-order valence-electron chi connectivity index (χ3n) is 1.95. The number of methoxy groups -OCH3 is 1. The van der Waals surface area contributed by atoms with E-state index < -0.39 is 18.7 Å². The van der Waals surface area contributed by atoms with E-state index in [2.05, 4.69) is 4.74 Å². The molecule has 0 amide bonds. The Morgan fingerprint density at radius 3 is 2.93 bits per heavy atom. The summed E-state index contributed by atoms with van der Waals surface area (Å²) in [6.45, 7) is -0.870. The third kappa shape index (κ3) is 1.93. The van der Waals surface area contributed by atoms with Crippen molar-refractivity contribution in [1.29, 1.82) is 0 Å². The number of aromatic nitrogens is 1. The largest absolute Gasteiger partial charge is 0.464 e. The van der Waals surface area contributed by atoms with E-state index in [1.165, 1.54) is 23.9 Å². The van der Waals surface area contributed by atoms with Crippen molar-refractivity contribution in [3.05, 3.63) is 23.5 Å². The number of alkyl halides is 1. The summed E-state index contributed by atoms with van der Waals surface area (Å²) in [6, 6.07) is 1.41. The Kier molecular flexibility index (Phi) is 3.24. The molecule has 0 aliphatic heterocycles. The summed E-state index contributed by atoms with van der Waals surface area (Å²) in [5.41, 5.74) is 0.658. The Bertz CT molecular complexity index is 335. The van der Waals surface area contributed by atoms with E-state index >= 15 is 0 Å². The molecule has 0 aliphatic rings. The van der Waals surface area contributed by atoms with Crippen LogP contribution in [0.25, 0.3) is 0 Å². The van der Waals surface area contributed by atoms with Gasteiger partial charge in [-0.15, -0.1) is 0 Å². The summed E-state index contributed by atoms with van der Waals surface area (Å²) < 4.78 is 18.1. The van der Waals surface area contributed by atoms with E-state index in [-0.39, 0.29) is 5.69 Å². The molecule has 0 spiro atoms. The Morgan fingerprint density at radius 1 is 1.79 bits per heavy atom. The summed E-state index contributed by atoms with van der Waals surface area (Å²) in [4.78, 5) is 11.1. The number of aliphatic hydroxyl groups is 1. The van der Waals surface area contributed by atoms with Crippen LogP contribution in [0.3, 0.4) is 0 Å².